The second kappa shape index (κ2) is 6.21. The Morgan fingerprint density at radius 2 is 1.89 bits per heavy atom. The molecule has 1 rings (SSSR count). The van der Waals surface area contributed by atoms with Crippen molar-refractivity contribution in [1.82, 2.24) is 10.2 Å². The molecule has 4 nitrogen and oxygen atoms in total. The predicted octanol–water partition coefficient (Wildman–Crippen LogP) is 1.94. The third-order valence-electron chi connectivity index (χ3n) is 3.37. The van der Waals surface area contributed by atoms with Crippen LogP contribution in [-0.4, -0.2) is 35.8 Å². The van der Waals surface area contributed by atoms with Crippen molar-refractivity contribution in [2.75, 3.05) is 13.1 Å². The highest BCUT2D eigenvalue weighted by Crippen LogP contribution is 2.26. The Bertz CT molecular complexity index is 307. The average molecular weight is 254 g/mol. The van der Waals surface area contributed by atoms with Crippen LogP contribution >= 0.6 is 0 Å². The number of hydrogen-bond acceptors (Lipinski definition) is 2. The summed E-state index contributed by atoms with van der Waals surface area (Å²) in [4.78, 5) is 25.7. The van der Waals surface area contributed by atoms with Crippen molar-refractivity contribution in [1.29, 1.82) is 0 Å². The van der Waals surface area contributed by atoms with Gasteiger partial charge < -0.3 is 10.2 Å². The monoisotopic (exact) mass is 254 g/mol. The minimum Gasteiger partial charge on any atom is -0.345 e. The highest BCUT2D eigenvalue weighted by molar-refractivity contribution is 5.95. The van der Waals surface area contributed by atoms with Gasteiger partial charge in [-0.2, -0.15) is 0 Å². The van der Waals surface area contributed by atoms with Crippen molar-refractivity contribution in [2.45, 2.75) is 59.4 Å². The number of hydrogen-bond donors (Lipinski definition) is 1. The summed E-state index contributed by atoms with van der Waals surface area (Å²) in [6.45, 7) is 9.05. The Kier molecular flexibility index (Phi) is 5.17. The molecule has 1 saturated heterocycles. The van der Waals surface area contributed by atoms with Gasteiger partial charge in [-0.25, -0.2) is 0 Å². The van der Waals surface area contributed by atoms with Crippen LogP contribution in [0.1, 0.15) is 53.4 Å². The fourth-order valence-electron chi connectivity index (χ4n) is 2.47. The Hall–Kier alpha value is -1.06. The minimum absolute atomic E-state index is 0.0161. The smallest absolute Gasteiger partial charge is 0.243 e. The van der Waals surface area contributed by atoms with Gasteiger partial charge in [0, 0.05) is 6.54 Å². The van der Waals surface area contributed by atoms with Gasteiger partial charge in [0.1, 0.15) is 6.04 Å². The second-order valence-corrected chi connectivity index (χ2v) is 6.13. The minimum atomic E-state index is -0.333. The normalized spacial score (nSPS) is 21.1. The quantitative estimate of drug-likeness (QED) is 0.762. The van der Waals surface area contributed by atoms with Crippen molar-refractivity contribution in [3.8, 4) is 0 Å². The van der Waals surface area contributed by atoms with E-state index in [1.54, 1.807) is 4.90 Å². The van der Waals surface area contributed by atoms with Crippen molar-refractivity contribution in [2.24, 2.45) is 5.41 Å². The van der Waals surface area contributed by atoms with E-state index in [1.807, 2.05) is 20.8 Å². The summed E-state index contributed by atoms with van der Waals surface area (Å²) in [6, 6.07) is -0.333. The van der Waals surface area contributed by atoms with Crippen LogP contribution in [0.4, 0.5) is 0 Å². The molecule has 0 aliphatic carbocycles. The fourth-order valence-corrected chi connectivity index (χ4v) is 2.47. The third kappa shape index (κ3) is 3.72. The van der Waals surface area contributed by atoms with Crippen LogP contribution in [0.15, 0.2) is 0 Å². The van der Waals surface area contributed by atoms with Crippen LogP contribution in [0.25, 0.3) is 0 Å². The molecular formula is C14H26N2O2. The van der Waals surface area contributed by atoms with E-state index in [1.165, 1.54) is 12.8 Å². The summed E-state index contributed by atoms with van der Waals surface area (Å²) in [5, 5.41) is 2.69. The van der Waals surface area contributed by atoms with E-state index in [2.05, 4.69) is 12.2 Å². The number of unbranched alkanes of at least 4 members (excludes halogenated alkanes) is 3. The van der Waals surface area contributed by atoms with Crippen LogP contribution in [0.2, 0.25) is 0 Å². The molecule has 0 spiro atoms. The number of piperazine rings is 1. The molecule has 1 aliphatic heterocycles. The predicted molar refractivity (Wildman–Crippen MR) is 72.1 cm³/mol. The lowest BCUT2D eigenvalue weighted by Gasteiger charge is -2.42. The molecular weight excluding hydrogens is 228 g/mol. The highest BCUT2D eigenvalue weighted by Gasteiger charge is 2.41. The molecule has 1 fully saturated rings. The maximum atomic E-state index is 12.0. The Morgan fingerprint density at radius 3 is 2.44 bits per heavy atom. The van der Waals surface area contributed by atoms with E-state index < -0.39 is 0 Å². The maximum absolute atomic E-state index is 12.0. The first-order valence-electron chi connectivity index (χ1n) is 6.95. The number of rotatable bonds is 5. The SMILES string of the molecule is CCCCCCN1C(=O)CNC(=O)C1C(C)(C)C. The van der Waals surface area contributed by atoms with Crippen molar-refractivity contribution < 1.29 is 9.59 Å². The van der Waals surface area contributed by atoms with Crippen molar-refractivity contribution in [3.63, 3.8) is 0 Å². The van der Waals surface area contributed by atoms with E-state index in [4.69, 9.17) is 0 Å². The average Bonchev–Trinajstić information content (AvgIpc) is 2.27. The molecule has 1 atom stereocenters. The summed E-state index contributed by atoms with van der Waals surface area (Å²) in [5.74, 6) is 0.0311. The molecule has 1 heterocycles. The first-order valence-corrected chi connectivity index (χ1v) is 6.95. The first-order chi connectivity index (χ1) is 8.38. The molecule has 0 radical (unpaired) electrons. The molecule has 104 valence electrons. The van der Waals surface area contributed by atoms with E-state index in [9.17, 15) is 9.59 Å². The van der Waals surface area contributed by atoms with Gasteiger partial charge in [-0.3, -0.25) is 9.59 Å². The zero-order chi connectivity index (χ0) is 13.8. The zero-order valence-electron chi connectivity index (χ0n) is 12.1. The molecule has 1 unspecified atom stereocenters. The van der Waals surface area contributed by atoms with Crippen LogP contribution in [0, 0.1) is 5.41 Å². The standard InChI is InChI=1S/C14H26N2O2/c1-5-6-7-8-9-16-11(17)10-15-13(18)12(16)14(2,3)4/h12H,5-10H2,1-4H3,(H,15,18). The lowest BCUT2D eigenvalue weighted by atomic mass is 9.83. The largest absolute Gasteiger partial charge is 0.345 e. The molecule has 0 aromatic carbocycles. The summed E-state index contributed by atoms with van der Waals surface area (Å²) >= 11 is 0. The Morgan fingerprint density at radius 1 is 1.22 bits per heavy atom. The van der Waals surface area contributed by atoms with E-state index in [0.29, 0.717) is 6.54 Å². The summed E-state index contributed by atoms with van der Waals surface area (Å²) in [7, 11) is 0. The molecule has 1 aliphatic rings. The molecule has 2 amide bonds. The van der Waals surface area contributed by atoms with Crippen molar-refractivity contribution >= 4 is 11.8 Å². The summed E-state index contributed by atoms with van der Waals surface area (Å²) < 4.78 is 0. The van der Waals surface area contributed by atoms with Crippen LogP contribution in [0.3, 0.4) is 0 Å². The Labute approximate surface area is 110 Å². The number of carbonyl (C=O) groups excluding carboxylic acids is 2. The van der Waals surface area contributed by atoms with Crippen LogP contribution in [-0.2, 0) is 9.59 Å². The molecule has 0 saturated carbocycles. The van der Waals surface area contributed by atoms with Gasteiger partial charge in [0.2, 0.25) is 11.8 Å². The molecule has 0 aromatic rings. The van der Waals surface area contributed by atoms with Gasteiger partial charge in [-0.05, 0) is 11.8 Å². The number of nitrogens with one attached hydrogen (secondary N) is 1. The van der Waals surface area contributed by atoms with Gasteiger partial charge in [0.15, 0.2) is 0 Å². The van der Waals surface area contributed by atoms with Crippen LogP contribution < -0.4 is 5.32 Å². The summed E-state index contributed by atoms with van der Waals surface area (Å²) in [6.07, 6.45) is 4.48. The zero-order valence-corrected chi connectivity index (χ0v) is 12.1. The lowest BCUT2D eigenvalue weighted by Crippen LogP contribution is -2.62. The molecule has 0 aromatic heterocycles. The third-order valence-corrected chi connectivity index (χ3v) is 3.37. The van der Waals surface area contributed by atoms with Gasteiger partial charge >= 0.3 is 0 Å². The summed E-state index contributed by atoms with van der Waals surface area (Å²) in [5.41, 5.74) is -0.217. The second-order valence-electron chi connectivity index (χ2n) is 6.13. The number of amides is 2. The number of carbonyl (C=O) groups is 2. The topological polar surface area (TPSA) is 49.4 Å². The maximum Gasteiger partial charge on any atom is 0.243 e. The molecule has 0 bridgehead atoms. The van der Waals surface area contributed by atoms with E-state index in [0.717, 1.165) is 12.8 Å². The highest BCUT2D eigenvalue weighted by atomic mass is 16.2. The lowest BCUT2D eigenvalue weighted by molar-refractivity contribution is -0.150. The van der Waals surface area contributed by atoms with Gasteiger partial charge in [-0.1, -0.05) is 47.0 Å². The Balaban J connectivity index is 2.68. The van der Waals surface area contributed by atoms with E-state index >= 15 is 0 Å². The fraction of sp³-hybridized carbons (Fsp3) is 0.857. The van der Waals surface area contributed by atoms with Gasteiger partial charge in [0.25, 0.3) is 0 Å². The molecule has 1 N–H and O–H groups in total. The molecule has 4 heteroatoms. The molecule has 18 heavy (non-hydrogen) atoms. The first kappa shape index (κ1) is 15.0. The number of nitrogens with zero attached hydrogens (tertiary/aromatic N) is 1. The van der Waals surface area contributed by atoms with Crippen LogP contribution in [0.5, 0.6) is 0 Å². The van der Waals surface area contributed by atoms with Crippen molar-refractivity contribution in [3.05, 3.63) is 0 Å². The van der Waals surface area contributed by atoms with E-state index in [-0.39, 0.29) is 29.8 Å². The van der Waals surface area contributed by atoms with Gasteiger partial charge in [0.05, 0.1) is 6.54 Å². The van der Waals surface area contributed by atoms with Gasteiger partial charge in [-0.15, -0.1) is 0 Å².